The van der Waals surface area contributed by atoms with Crippen molar-refractivity contribution in [1.29, 1.82) is 0 Å². The number of benzene rings is 1. The van der Waals surface area contributed by atoms with E-state index in [-0.39, 0.29) is 12.1 Å². The third-order valence-corrected chi connectivity index (χ3v) is 3.95. The zero-order chi connectivity index (χ0) is 18.4. The number of amides is 1. The van der Waals surface area contributed by atoms with Gasteiger partial charge in [-0.15, -0.1) is 0 Å². The van der Waals surface area contributed by atoms with Crippen LogP contribution < -0.4 is 10.2 Å². The molecule has 0 fully saturated rings. The van der Waals surface area contributed by atoms with Crippen LogP contribution in [0.25, 0.3) is 0 Å². The minimum Gasteiger partial charge on any atom is -0.355 e. The predicted molar refractivity (Wildman–Crippen MR) is 98.2 cm³/mol. The number of carbonyl (C=O) groups is 1. The Kier molecular flexibility index (Phi) is 5.53. The smallest absolute Gasteiger partial charge is 0.254 e. The Balaban J connectivity index is 1.71. The van der Waals surface area contributed by atoms with Crippen LogP contribution in [-0.4, -0.2) is 22.9 Å². The summed E-state index contributed by atoms with van der Waals surface area (Å²) in [5.41, 5.74) is 1.99. The molecule has 26 heavy (non-hydrogen) atoms. The van der Waals surface area contributed by atoms with Gasteiger partial charge >= 0.3 is 0 Å². The second-order valence-corrected chi connectivity index (χ2v) is 5.87. The Labute approximate surface area is 151 Å². The van der Waals surface area contributed by atoms with Gasteiger partial charge in [-0.05, 0) is 17.7 Å². The number of aromatic nitrogens is 2. The maximum atomic E-state index is 13.7. The highest BCUT2D eigenvalue weighted by Gasteiger charge is 2.13. The fourth-order valence-electron chi connectivity index (χ4n) is 2.67. The molecule has 0 saturated heterocycles. The van der Waals surface area contributed by atoms with Gasteiger partial charge in [-0.2, -0.15) is 0 Å². The molecule has 5 nitrogen and oxygen atoms in total. The molecule has 3 aromatic rings. The molecule has 0 atom stereocenters. The summed E-state index contributed by atoms with van der Waals surface area (Å²) in [7, 11) is 1.95. The molecule has 0 spiro atoms. The normalized spacial score (nSPS) is 10.4. The van der Waals surface area contributed by atoms with E-state index in [4.69, 9.17) is 0 Å². The van der Waals surface area contributed by atoms with Gasteiger partial charge in [-0.3, -0.25) is 9.78 Å². The molecule has 132 valence electrons. The van der Waals surface area contributed by atoms with E-state index in [1.165, 1.54) is 12.3 Å². The summed E-state index contributed by atoms with van der Waals surface area (Å²) in [6, 6.07) is 15.1. The zero-order valence-electron chi connectivity index (χ0n) is 14.4. The Morgan fingerprint density at radius 1 is 1.12 bits per heavy atom. The molecule has 0 aliphatic carbocycles. The lowest BCUT2D eigenvalue weighted by Crippen LogP contribution is -2.26. The second-order valence-electron chi connectivity index (χ2n) is 5.87. The van der Waals surface area contributed by atoms with Gasteiger partial charge in [-0.25, -0.2) is 9.37 Å². The maximum absolute atomic E-state index is 13.7. The number of carbonyl (C=O) groups excluding carboxylic acids is 1. The molecule has 6 heteroatoms. The topological polar surface area (TPSA) is 58.1 Å². The van der Waals surface area contributed by atoms with Crippen molar-refractivity contribution < 1.29 is 9.18 Å². The number of hydrogen-bond donors (Lipinski definition) is 1. The molecular weight excluding hydrogens is 331 g/mol. The molecule has 2 heterocycles. The zero-order valence-corrected chi connectivity index (χ0v) is 14.4. The average molecular weight is 350 g/mol. The molecule has 1 N–H and O–H groups in total. The van der Waals surface area contributed by atoms with E-state index in [9.17, 15) is 9.18 Å². The SMILES string of the molecule is CN(Cc1ccccc1)c1ncccc1CNC(=O)c1ccncc1F. The van der Waals surface area contributed by atoms with Crippen LogP contribution in [0.3, 0.4) is 0 Å². The van der Waals surface area contributed by atoms with E-state index in [0.717, 1.165) is 23.1 Å². The first kappa shape index (κ1) is 17.5. The average Bonchev–Trinajstić information content (AvgIpc) is 2.67. The highest BCUT2D eigenvalue weighted by Crippen LogP contribution is 2.18. The Hall–Kier alpha value is -3.28. The van der Waals surface area contributed by atoms with Crippen molar-refractivity contribution in [2.24, 2.45) is 0 Å². The van der Waals surface area contributed by atoms with Gasteiger partial charge in [0.2, 0.25) is 0 Å². The minimum atomic E-state index is -0.641. The highest BCUT2D eigenvalue weighted by atomic mass is 19.1. The fourth-order valence-corrected chi connectivity index (χ4v) is 2.67. The molecule has 2 aromatic heterocycles. The largest absolute Gasteiger partial charge is 0.355 e. The van der Waals surface area contributed by atoms with E-state index in [1.807, 2.05) is 54.4 Å². The van der Waals surface area contributed by atoms with E-state index < -0.39 is 11.7 Å². The fraction of sp³-hybridized carbons (Fsp3) is 0.150. The second kappa shape index (κ2) is 8.20. The van der Waals surface area contributed by atoms with Gasteiger partial charge < -0.3 is 10.2 Å². The number of pyridine rings is 2. The molecule has 1 aromatic carbocycles. The van der Waals surface area contributed by atoms with Gasteiger partial charge in [0.1, 0.15) is 5.82 Å². The van der Waals surface area contributed by atoms with Gasteiger partial charge in [0.25, 0.3) is 5.91 Å². The molecule has 0 aliphatic rings. The number of rotatable bonds is 6. The molecular formula is C20H19FN4O. The number of nitrogens with one attached hydrogen (secondary N) is 1. The predicted octanol–water partition coefficient (Wildman–Crippen LogP) is 3.18. The molecule has 3 rings (SSSR count). The lowest BCUT2D eigenvalue weighted by atomic mass is 10.2. The molecule has 1 amide bonds. The van der Waals surface area contributed by atoms with Crippen LogP contribution in [0.1, 0.15) is 21.5 Å². The number of hydrogen-bond acceptors (Lipinski definition) is 4. The van der Waals surface area contributed by atoms with E-state index in [1.54, 1.807) is 6.20 Å². The first-order valence-corrected chi connectivity index (χ1v) is 8.22. The van der Waals surface area contributed by atoms with E-state index in [2.05, 4.69) is 15.3 Å². The lowest BCUT2D eigenvalue weighted by Gasteiger charge is -2.21. The Morgan fingerprint density at radius 2 is 1.92 bits per heavy atom. The van der Waals surface area contributed by atoms with Crippen LogP contribution in [-0.2, 0) is 13.1 Å². The molecule has 0 bridgehead atoms. The van der Waals surface area contributed by atoms with Crippen LogP contribution >= 0.6 is 0 Å². The van der Waals surface area contributed by atoms with Crippen molar-refractivity contribution in [3.05, 3.63) is 89.6 Å². The van der Waals surface area contributed by atoms with E-state index in [0.29, 0.717) is 6.54 Å². The summed E-state index contributed by atoms with van der Waals surface area (Å²) in [5, 5.41) is 2.74. The molecule has 0 aliphatic heterocycles. The standard InChI is InChI=1S/C20H19FN4O/c1-25(14-15-6-3-2-4-7-15)19-16(8-5-10-23-19)12-24-20(26)17-9-11-22-13-18(17)21/h2-11,13H,12,14H2,1H3,(H,24,26). The number of nitrogens with zero attached hydrogens (tertiary/aromatic N) is 3. The third-order valence-electron chi connectivity index (χ3n) is 3.95. The summed E-state index contributed by atoms with van der Waals surface area (Å²) in [6.45, 7) is 0.945. The summed E-state index contributed by atoms with van der Waals surface area (Å²) in [5.74, 6) is -0.352. The van der Waals surface area contributed by atoms with Gasteiger partial charge in [-0.1, -0.05) is 36.4 Å². The van der Waals surface area contributed by atoms with Gasteiger partial charge in [0.05, 0.1) is 11.8 Å². The lowest BCUT2D eigenvalue weighted by molar-refractivity contribution is 0.0946. The highest BCUT2D eigenvalue weighted by molar-refractivity contribution is 5.94. The summed E-state index contributed by atoms with van der Waals surface area (Å²) in [6.07, 6.45) is 4.13. The van der Waals surface area contributed by atoms with Crippen LogP contribution in [0, 0.1) is 5.82 Å². The number of halogens is 1. The van der Waals surface area contributed by atoms with Crippen molar-refractivity contribution in [2.45, 2.75) is 13.1 Å². The van der Waals surface area contributed by atoms with Crippen molar-refractivity contribution in [2.75, 3.05) is 11.9 Å². The first-order valence-electron chi connectivity index (χ1n) is 8.22. The Morgan fingerprint density at radius 3 is 2.69 bits per heavy atom. The van der Waals surface area contributed by atoms with Crippen LogP contribution in [0.4, 0.5) is 10.2 Å². The van der Waals surface area contributed by atoms with Gasteiger partial charge in [0.15, 0.2) is 5.82 Å². The quantitative estimate of drug-likeness (QED) is 0.742. The molecule has 0 unspecified atom stereocenters. The monoisotopic (exact) mass is 350 g/mol. The van der Waals surface area contributed by atoms with Crippen molar-refractivity contribution in [3.8, 4) is 0 Å². The van der Waals surface area contributed by atoms with Crippen molar-refractivity contribution in [1.82, 2.24) is 15.3 Å². The summed E-state index contributed by atoms with van der Waals surface area (Å²) in [4.78, 5) is 22.3. The number of anilines is 1. The van der Waals surface area contributed by atoms with E-state index >= 15 is 0 Å². The van der Waals surface area contributed by atoms with Crippen LogP contribution in [0.15, 0.2) is 67.1 Å². The van der Waals surface area contributed by atoms with Crippen molar-refractivity contribution >= 4 is 11.7 Å². The third kappa shape index (κ3) is 4.22. The van der Waals surface area contributed by atoms with Crippen LogP contribution in [0.2, 0.25) is 0 Å². The van der Waals surface area contributed by atoms with Gasteiger partial charge in [0, 0.05) is 38.1 Å². The summed E-state index contributed by atoms with van der Waals surface area (Å²) < 4.78 is 13.7. The van der Waals surface area contributed by atoms with Crippen molar-refractivity contribution in [3.63, 3.8) is 0 Å². The van der Waals surface area contributed by atoms with Crippen LogP contribution in [0.5, 0.6) is 0 Å². The minimum absolute atomic E-state index is 0.0249. The maximum Gasteiger partial charge on any atom is 0.254 e. The first-order chi connectivity index (χ1) is 12.6. The molecule has 0 radical (unpaired) electrons. The summed E-state index contributed by atoms with van der Waals surface area (Å²) >= 11 is 0. The molecule has 0 saturated carbocycles. The Bertz CT molecular complexity index is 886.